The van der Waals surface area contributed by atoms with Gasteiger partial charge in [0, 0.05) is 48.4 Å². The summed E-state index contributed by atoms with van der Waals surface area (Å²) in [5.74, 6) is 0.572. The van der Waals surface area contributed by atoms with E-state index in [9.17, 15) is 4.79 Å². The highest BCUT2D eigenvalue weighted by Gasteiger charge is 2.53. The van der Waals surface area contributed by atoms with Crippen LogP contribution in [0, 0.1) is 0 Å². The first-order valence-corrected chi connectivity index (χ1v) is 10.9. The van der Waals surface area contributed by atoms with Crippen LogP contribution in [0.2, 0.25) is 0 Å². The van der Waals surface area contributed by atoms with Crippen molar-refractivity contribution in [3.05, 3.63) is 71.3 Å². The molecule has 1 aromatic carbocycles. The summed E-state index contributed by atoms with van der Waals surface area (Å²) in [5, 5.41) is 15.3. The summed E-state index contributed by atoms with van der Waals surface area (Å²) in [5.41, 5.74) is 3.76. The Hall–Kier alpha value is -3.55. The molecule has 164 valence electrons. The molecular weight excluding hydrogens is 402 g/mol. The van der Waals surface area contributed by atoms with Gasteiger partial charge in [-0.3, -0.25) is 4.79 Å². The Morgan fingerprint density at radius 2 is 1.97 bits per heavy atom. The number of fused-ring (bicyclic) bond motifs is 1. The van der Waals surface area contributed by atoms with Gasteiger partial charge in [0.25, 0.3) is 5.91 Å². The smallest absolute Gasteiger partial charge is 0.250 e. The van der Waals surface area contributed by atoms with E-state index in [1.54, 1.807) is 18.5 Å². The van der Waals surface area contributed by atoms with Crippen LogP contribution in [0.5, 0.6) is 0 Å². The van der Waals surface area contributed by atoms with Crippen LogP contribution in [0.4, 0.5) is 11.6 Å². The second-order valence-electron chi connectivity index (χ2n) is 9.15. The van der Waals surface area contributed by atoms with E-state index in [0.717, 1.165) is 28.1 Å². The lowest BCUT2D eigenvalue weighted by Gasteiger charge is -2.48. The first-order chi connectivity index (χ1) is 15.4. The van der Waals surface area contributed by atoms with E-state index in [4.69, 9.17) is 0 Å². The molecule has 1 amide bonds. The Kier molecular flexibility index (Phi) is 4.62. The summed E-state index contributed by atoms with van der Waals surface area (Å²) in [6.45, 7) is 6.21. The molecule has 2 atom stereocenters. The third-order valence-corrected chi connectivity index (χ3v) is 6.61. The first kappa shape index (κ1) is 20.4. The Bertz CT molecular complexity index is 1170. The van der Waals surface area contributed by atoms with Crippen molar-refractivity contribution in [2.24, 2.45) is 10.2 Å². The number of hydrogen-bond donors (Lipinski definition) is 2. The third kappa shape index (κ3) is 3.01. The molecule has 32 heavy (non-hydrogen) atoms. The molecule has 1 aromatic heterocycles. The van der Waals surface area contributed by atoms with Gasteiger partial charge in [-0.1, -0.05) is 19.1 Å². The van der Waals surface area contributed by atoms with Gasteiger partial charge in [0.05, 0.1) is 17.2 Å². The second kappa shape index (κ2) is 7.25. The van der Waals surface area contributed by atoms with E-state index in [0.29, 0.717) is 18.8 Å². The predicted molar refractivity (Wildman–Crippen MR) is 122 cm³/mol. The van der Waals surface area contributed by atoms with Crippen LogP contribution in [-0.4, -0.2) is 34.6 Å². The molecule has 8 nitrogen and oxygen atoms in total. The number of azo groups is 1. The molecular formula is C24H27N7O. The van der Waals surface area contributed by atoms with Crippen molar-refractivity contribution in [3.63, 3.8) is 0 Å². The molecule has 3 aliphatic heterocycles. The number of anilines is 2. The molecule has 0 spiro atoms. The zero-order valence-corrected chi connectivity index (χ0v) is 18.8. The van der Waals surface area contributed by atoms with E-state index in [1.807, 2.05) is 44.1 Å². The van der Waals surface area contributed by atoms with Gasteiger partial charge in [0.15, 0.2) is 6.17 Å². The molecule has 1 unspecified atom stereocenters. The molecule has 0 fully saturated rings. The normalized spacial score (nSPS) is 25.4. The highest BCUT2D eigenvalue weighted by Crippen LogP contribution is 2.51. The van der Waals surface area contributed by atoms with E-state index in [2.05, 4.69) is 49.9 Å². The number of nitrogens with zero attached hydrogens (tertiary/aromatic N) is 5. The lowest BCUT2D eigenvalue weighted by molar-refractivity contribution is -0.120. The van der Waals surface area contributed by atoms with Crippen LogP contribution in [0.25, 0.3) is 0 Å². The summed E-state index contributed by atoms with van der Waals surface area (Å²) in [6.07, 6.45) is 6.44. The predicted octanol–water partition coefficient (Wildman–Crippen LogP) is 3.72. The molecule has 0 radical (unpaired) electrons. The summed E-state index contributed by atoms with van der Waals surface area (Å²) in [7, 11) is 1.94. The van der Waals surface area contributed by atoms with Crippen molar-refractivity contribution < 1.29 is 4.79 Å². The van der Waals surface area contributed by atoms with Gasteiger partial charge < -0.3 is 15.5 Å². The topological polar surface area (TPSA) is 94.9 Å². The molecule has 3 aliphatic rings. The summed E-state index contributed by atoms with van der Waals surface area (Å²) < 4.78 is 0. The van der Waals surface area contributed by atoms with Gasteiger partial charge in [-0.2, -0.15) is 10.2 Å². The highest BCUT2D eigenvalue weighted by molar-refractivity contribution is 6.00. The second-order valence-corrected chi connectivity index (χ2v) is 9.15. The number of nitrogens with one attached hydrogen (secondary N) is 2. The Morgan fingerprint density at radius 1 is 1.19 bits per heavy atom. The van der Waals surface area contributed by atoms with Gasteiger partial charge in [-0.15, -0.1) is 0 Å². The molecule has 0 aliphatic carbocycles. The zero-order valence-electron chi connectivity index (χ0n) is 18.8. The molecule has 0 saturated heterocycles. The first-order valence-electron chi connectivity index (χ1n) is 10.9. The van der Waals surface area contributed by atoms with Crippen LogP contribution in [0.15, 0.2) is 76.0 Å². The van der Waals surface area contributed by atoms with Crippen LogP contribution in [0.3, 0.4) is 0 Å². The lowest BCUT2D eigenvalue weighted by Crippen LogP contribution is -2.58. The highest BCUT2D eigenvalue weighted by atomic mass is 16.2. The largest absolute Gasteiger partial charge is 0.362 e. The fourth-order valence-corrected chi connectivity index (χ4v) is 5.17. The third-order valence-electron chi connectivity index (χ3n) is 6.61. The van der Waals surface area contributed by atoms with Crippen LogP contribution >= 0.6 is 0 Å². The molecule has 0 bridgehead atoms. The minimum atomic E-state index is -0.621. The minimum absolute atomic E-state index is 0.0398. The minimum Gasteiger partial charge on any atom is -0.362 e. The molecule has 4 heterocycles. The fraction of sp³-hybridized carbons (Fsp3) is 0.375. The average molecular weight is 430 g/mol. The van der Waals surface area contributed by atoms with Crippen molar-refractivity contribution in [1.29, 1.82) is 0 Å². The van der Waals surface area contributed by atoms with E-state index >= 15 is 0 Å². The lowest BCUT2D eigenvalue weighted by atomic mass is 9.62. The zero-order chi connectivity index (χ0) is 22.5. The van der Waals surface area contributed by atoms with Crippen LogP contribution < -0.4 is 15.5 Å². The number of carbonyl (C=O) groups is 1. The number of benzene rings is 1. The van der Waals surface area contributed by atoms with Gasteiger partial charge in [-0.25, -0.2) is 9.97 Å². The van der Waals surface area contributed by atoms with Gasteiger partial charge in [0.1, 0.15) is 0 Å². The fourth-order valence-electron chi connectivity index (χ4n) is 5.17. The van der Waals surface area contributed by atoms with E-state index in [1.165, 1.54) is 0 Å². The summed E-state index contributed by atoms with van der Waals surface area (Å²) in [6, 6.07) is 10.1. The average Bonchev–Trinajstić information content (AvgIpc) is 3.25. The van der Waals surface area contributed by atoms with E-state index < -0.39 is 5.41 Å². The Morgan fingerprint density at radius 3 is 2.72 bits per heavy atom. The van der Waals surface area contributed by atoms with Gasteiger partial charge in [-0.05, 0) is 44.0 Å². The Balaban J connectivity index is 1.68. The molecule has 0 saturated carbocycles. The van der Waals surface area contributed by atoms with Crippen molar-refractivity contribution >= 4 is 17.5 Å². The monoisotopic (exact) mass is 429 g/mol. The van der Waals surface area contributed by atoms with Gasteiger partial charge in [0.2, 0.25) is 5.95 Å². The van der Waals surface area contributed by atoms with Crippen molar-refractivity contribution in [3.8, 4) is 0 Å². The maximum Gasteiger partial charge on any atom is 0.250 e. The standard InChI is InChI=1S/C24H27N7O/c1-5-24(15-8-6-9-16(12-15)31(4)22-25-10-7-11-26-22)17-14-27-30-20(17)28-18-13-23(2,3)29-21(32)19(18)24/h6-12,14,20,28H,5,13H2,1-4H3,(H,29,32)/t20?,24-/m1/s1. The van der Waals surface area contributed by atoms with Crippen molar-refractivity contribution in [2.45, 2.75) is 50.7 Å². The SMILES string of the molecule is CC[C@@]1(c2cccc(N(C)c3ncccn3)c2)C2=CN=NC2NC2=C1C(=O)NC(C)(C)C2. The molecule has 2 aromatic rings. The summed E-state index contributed by atoms with van der Waals surface area (Å²) in [4.78, 5) is 24.2. The van der Waals surface area contributed by atoms with Gasteiger partial charge >= 0.3 is 0 Å². The Labute approximate surface area is 187 Å². The molecule has 2 N–H and O–H groups in total. The number of hydrogen-bond acceptors (Lipinski definition) is 7. The van der Waals surface area contributed by atoms with Crippen LogP contribution in [0.1, 0.15) is 39.2 Å². The maximum atomic E-state index is 13.5. The van der Waals surface area contributed by atoms with E-state index in [-0.39, 0.29) is 17.6 Å². The molecule has 8 heteroatoms. The number of rotatable bonds is 4. The number of amides is 1. The summed E-state index contributed by atoms with van der Waals surface area (Å²) >= 11 is 0. The number of carbonyl (C=O) groups excluding carboxylic acids is 1. The number of aromatic nitrogens is 2. The quantitative estimate of drug-likeness (QED) is 0.772. The van der Waals surface area contributed by atoms with Crippen LogP contribution in [-0.2, 0) is 10.2 Å². The van der Waals surface area contributed by atoms with Crippen molar-refractivity contribution in [1.82, 2.24) is 20.6 Å². The van der Waals surface area contributed by atoms with Crippen molar-refractivity contribution in [2.75, 3.05) is 11.9 Å². The maximum absolute atomic E-state index is 13.5. The molecule has 5 rings (SSSR count).